The second-order valence-corrected chi connectivity index (χ2v) is 3.24. The van der Waals surface area contributed by atoms with Gasteiger partial charge in [0.15, 0.2) is 0 Å². The first-order valence-corrected chi connectivity index (χ1v) is 4.48. The van der Waals surface area contributed by atoms with Gasteiger partial charge in [0.2, 0.25) is 11.6 Å². The molecular weight excluding hydrogens is 188 g/mol. The summed E-state index contributed by atoms with van der Waals surface area (Å²) >= 11 is 0. The molecule has 0 atom stereocenters. The third-order valence-corrected chi connectivity index (χ3v) is 2.18. The molecule has 5 heteroatoms. The van der Waals surface area contributed by atoms with Crippen molar-refractivity contribution >= 4 is 17.5 Å². The molecule has 1 aliphatic heterocycles. The molecule has 0 radical (unpaired) electrons. The molecule has 1 saturated heterocycles. The van der Waals surface area contributed by atoms with Crippen molar-refractivity contribution in [2.45, 2.75) is 19.3 Å². The normalized spacial score (nSPS) is 17.7. The van der Waals surface area contributed by atoms with Crippen molar-refractivity contribution in [3.63, 3.8) is 0 Å². The van der Waals surface area contributed by atoms with Crippen molar-refractivity contribution in [3.8, 4) is 0 Å². The van der Waals surface area contributed by atoms with Crippen LogP contribution in [-0.2, 0) is 19.1 Å². The van der Waals surface area contributed by atoms with Crippen LogP contribution in [0.3, 0.4) is 0 Å². The summed E-state index contributed by atoms with van der Waals surface area (Å²) in [6.07, 6.45) is 0.338. The van der Waals surface area contributed by atoms with E-state index in [4.69, 9.17) is 9.84 Å². The van der Waals surface area contributed by atoms with Crippen LogP contribution in [0.1, 0.15) is 19.3 Å². The van der Waals surface area contributed by atoms with Crippen molar-refractivity contribution in [1.82, 2.24) is 0 Å². The fourth-order valence-electron chi connectivity index (χ4n) is 1.41. The summed E-state index contributed by atoms with van der Waals surface area (Å²) in [7, 11) is 0. The molecule has 0 saturated carbocycles. The summed E-state index contributed by atoms with van der Waals surface area (Å²) in [4.78, 5) is 32.6. The monoisotopic (exact) mass is 200 g/mol. The van der Waals surface area contributed by atoms with E-state index >= 15 is 0 Å². The molecule has 0 bridgehead atoms. The first kappa shape index (κ1) is 10.8. The summed E-state index contributed by atoms with van der Waals surface area (Å²) < 4.78 is 5.03. The largest absolute Gasteiger partial charge is 0.481 e. The van der Waals surface area contributed by atoms with E-state index in [-0.39, 0.29) is 5.92 Å². The molecule has 1 aliphatic rings. The van der Waals surface area contributed by atoms with Crippen LogP contribution in [-0.4, -0.2) is 35.9 Å². The van der Waals surface area contributed by atoms with Gasteiger partial charge in [-0.25, -0.2) is 0 Å². The maximum Gasteiger partial charge on any atom is 0.311 e. The van der Waals surface area contributed by atoms with Crippen LogP contribution < -0.4 is 0 Å². The number of hydrogen-bond donors (Lipinski definition) is 1. The smallest absolute Gasteiger partial charge is 0.311 e. The molecule has 1 rings (SSSR count). The molecule has 78 valence electrons. The average Bonchev–Trinajstić information content (AvgIpc) is 2.17. The van der Waals surface area contributed by atoms with Gasteiger partial charge in [0, 0.05) is 19.1 Å². The summed E-state index contributed by atoms with van der Waals surface area (Å²) in [6, 6.07) is 0. The molecule has 0 aromatic rings. The van der Waals surface area contributed by atoms with Gasteiger partial charge in [0.05, 0.1) is 0 Å². The van der Waals surface area contributed by atoms with Gasteiger partial charge in [-0.2, -0.15) is 0 Å². The minimum absolute atomic E-state index is 0.337. The second-order valence-electron chi connectivity index (χ2n) is 3.24. The number of carbonyl (C=O) groups excluding carboxylic acids is 2. The molecule has 0 unspecified atom stereocenters. The van der Waals surface area contributed by atoms with Crippen molar-refractivity contribution in [2.24, 2.45) is 5.92 Å². The highest BCUT2D eigenvalue weighted by molar-refractivity contribution is 6.40. The molecule has 0 aromatic carbocycles. The quantitative estimate of drug-likeness (QED) is 0.511. The van der Waals surface area contributed by atoms with Gasteiger partial charge < -0.3 is 9.84 Å². The second kappa shape index (κ2) is 4.85. The number of Topliss-reactive ketones (excluding diaryl/α,β-unsaturated/α-hetero) is 2. The number of ether oxygens (including phenoxy) is 1. The maximum absolute atomic E-state index is 11.4. The summed E-state index contributed by atoms with van der Waals surface area (Å²) in [5.41, 5.74) is 0. The zero-order valence-corrected chi connectivity index (χ0v) is 7.69. The van der Waals surface area contributed by atoms with E-state index in [1.807, 2.05) is 0 Å². The van der Waals surface area contributed by atoms with Gasteiger partial charge in [-0.15, -0.1) is 0 Å². The van der Waals surface area contributed by atoms with E-state index < -0.39 is 24.0 Å². The van der Waals surface area contributed by atoms with E-state index in [1.165, 1.54) is 0 Å². The SMILES string of the molecule is O=C(O)CC(=O)C(=O)C1CCOCC1. The highest BCUT2D eigenvalue weighted by Crippen LogP contribution is 2.16. The Morgan fingerprint density at radius 3 is 2.29 bits per heavy atom. The molecule has 5 nitrogen and oxygen atoms in total. The predicted molar refractivity (Wildman–Crippen MR) is 45.8 cm³/mol. The van der Waals surface area contributed by atoms with Gasteiger partial charge >= 0.3 is 5.97 Å². The third kappa shape index (κ3) is 2.92. The lowest BCUT2D eigenvalue weighted by Gasteiger charge is -2.19. The van der Waals surface area contributed by atoms with Gasteiger partial charge in [-0.1, -0.05) is 0 Å². The number of aliphatic carboxylic acids is 1. The van der Waals surface area contributed by atoms with E-state index in [2.05, 4.69) is 0 Å². The molecular formula is C9H12O5. The first-order valence-electron chi connectivity index (χ1n) is 4.48. The van der Waals surface area contributed by atoms with Gasteiger partial charge in [0.25, 0.3) is 0 Å². The topological polar surface area (TPSA) is 80.7 Å². The molecule has 0 aliphatic carbocycles. The van der Waals surface area contributed by atoms with Crippen LogP contribution in [0, 0.1) is 5.92 Å². The Bertz CT molecular complexity index is 252. The van der Waals surface area contributed by atoms with Crippen LogP contribution in [0.5, 0.6) is 0 Å². The zero-order chi connectivity index (χ0) is 10.6. The van der Waals surface area contributed by atoms with Crippen molar-refractivity contribution < 1.29 is 24.2 Å². The fourth-order valence-corrected chi connectivity index (χ4v) is 1.41. The zero-order valence-electron chi connectivity index (χ0n) is 7.69. The van der Waals surface area contributed by atoms with Crippen LogP contribution in [0.2, 0.25) is 0 Å². The summed E-state index contributed by atoms with van der Waals surface area (Å²) in [5, 5.41) is 8.33. The van der Waals surface area contributed by atoms with Gasteiger partial charge in [0.1, 0.15) is 6.42 Å². The Morgan fingerprint density at radius 2 is 1.79 bits per heavy atom. The van der Waals surface area contributed by atoms with Crippen LogP contribution >= 0.6 is 0 Å². The summed E-state index contributed by atoms with van der Waals surface area (Å²) in [6.45, 7) is 0.938. The average molecular weight is 200 g/mol. The van der Waals surface area contributed by atoms with Crippen LogP contribution in [0.15, 0.2) is 0 Å². The van der Waals surface area contributed by atoms with E-state index in [9.17, 15) is 14.4 Å². The molecule has 14 heavy (non-hydrogen) atoms. The van der Waals surface area contributed by atoms with Gasteiger partial charge in [-0.05, 0) is 12.8 Å². The number of carbonyl (C=O) groups is 3. The van der Waals surface area contributed by atoms with E-state index in [0.717, 1.165) is 0 Å². The lowest BCUT2D eigenvalue weighted by Crippen LogP contribution is -2.30. The molecule has 0 spiro atoms. The lowest BCUT2D eigenvalue weighted by molar-refractivity contribution is -0.146. The lowest BCUT2D eigenvalue weighted by atomic mass is 9.92. The predicted octanol–water partition coefficient (Wildman–Crippen LogP) is 0.0259. The molecule has 0 amide bonds. The molecule has 1 fully saturated rings. The minimum atomic E-state index is -1.25. The fraction of sp³-hybridized carbons (Fsp3) is 0.667. The molecule has 0 aromatic heterocycles. The van der Waals surface area contributed by atoms with Crippen LogP contribution in [0.25, 0.3) is 0 Å². The van der Waals surface area contributed by atoms with E-state index in [1.54, 1.807) is 0 Å². The maximum atomic E-state index is 11.4. The van der Waals surface area contributed by atoms with E-state index in [0.29, 0.717) is 26.1 Å². The third-order valence-electron chi connectivity index (χ3n) is 2.18. The highest BCUT2D eigenvalue weighted by Gasteiger charge is 2.27. The Hall–Kier alpha value is -1.23. The summed E-state index contributed by atoms with van der Waals surface area (Å²) in [5.74, 6) is -2.95. The Morgan fingerprint density at radius 1 is 1.21 bits per heavy atom. The molecule has 1 heterocycles. The number of carboxylic acid groups (broad SMARTS) is 1. The highest BCUT2D eigenvalue weighted by atomic mass is 16.5. The van der Waals surface area contributed by atoms with Crippen molar-refractivity contribution in [3.05, 3.63) is 0 Å². The number of carboxylic acids is 1. The Kier molecular flexibility index (Phi) is 3.76. The Balaban J connectivity index is 2.46. The Labute approximate surface area is 81.0 Å². The van der Waals surface area contributed by atoms with Crippen molar-refractivity contribution in [2.75, 3.05) is 13.2 Å². The molecule has 1 N–H and O–H groups in total. The number of ketones is 2. The number of rotatable bonds is 4. The van der Waals surface area contributed by atoms with Crippen molar-refractivity contribution in [1.29, 1.82) is 0 Å². The van der Waals surface area contributed by atoms with Gasteiger partial charge in [-0.3, -0.25) is 14.4 Å². The van der Waals surface area contributed by atoms with Crippen LogP contribution in [0.4, 0.5) is 0 Å². The number of hydrogen-bond acceptors (Lipinski definition) is 4. The minimum Gasteiger partial charge on any atom is -0.481 e. The first-order chi connectivity index (χ1) is 6.61. The standard InChI is InChI=1S/C9H12O5/c10-7(5-8(11)12)9(13)6-1-3-14-4-2-6/h6H,1-5H2,(H,11,12).